The second-order valence-electron chi connectivity index (χ2n) is 4.56. The number of esters is 1. The van der Waals surface area contributed by atoms with Gasteiger partial charge in [-0.25, -0.2) is 4.79 Å². The molecule has 0 aliphatic heterocycles. The lowest BCUT2D eigenvalue weighted by molar-refractivity contribution is -0.143. The highest BCUT2D eigenvalue weighted by Crippen LogP contribution is 2.15. The summed E-state index contributed by atoms with van der Waals surface area (Å²) in [6.45, 7) is 0.514. The molecule has 1 unspecified atom stereocenters. The van der Waals surface area contributed by atoms with Gasteiger partial charge in [-0.05, 0) is 23.3 Å². The zero-order chi connectivity index (χ0) is 15.1. The van der Waals surface area contributed by atoms with Crippen LogP contribution < -0.4 is 5.32 Å². The standard InChI is InChI=1S/C17H16N2O2/c1-21-17(20)16(15-5-3-2-4-6-15)19-12-14-9-7-13(11-18)8-10-14/h2-10,16,19H,12H2,1H3. The van der Waals surface area contributed by atoms with E-state index in [2.05, 4.69) is 11.4 Å². The van der Waals surface area contributed by atoms with Crippen molar-refractivity contribution in [1.29, 1.82) is 5.26 Å². The Balaban J connectivity index is 2.09. The number of benzene rings is 2. The molecule has 1 N–H and O–H groups in total. The molecule has 0 aliphatic carbocycles. The van der Waals surface area contributed by atoms with Crippen LogP contribution in [0.5, 0.6) is 0 Å². The van der Waals surface area contributed by atoms with E-state index in [1.807, 2.05) is 42.5 Å². The monoisotopic (exact) mass is 280 g/mol. The fourth-order valence-corrected chi connectivity index (χ4v) is 2.02. The minimum Gasteiger partial charge on any atom is -0.468 e. The van der Waals surface area contributed by atoms with Gasteiger partial charge in [0.25, 0.3) is 0 Å². The van der Waals surface area contributed by atoms with Gasteiger partial charge in [0.05, 0.1) is 18.7 Å². The molecule has 0 amide bonds. The molecule has 0 bridgehead atoms. The van der Waals surface area contributed by atoms with Gasteiger partial charge in [-0.15, -0.1) is 0 Å². The van der Waals surface area contributed by atoms with Crippen molar-refractivity contribution in [3.05, 3.63) is 71.3 Å². The molecule has 4 nitrogen and oxygen atoms in total. The van der Waals surface area contributed by atoms with E-state index >= 15 is 0 Å². The molecule has 1 atom stereocenters. The number of carbonyl (C=O) groups excluding carboxylic acids is 1. The third-order valence-electron chi connectivity index (χ3n) is 3.16. The van der Waals surface area contributed by atoms with Crippen LogP contribution in [-0.4, -0.2) is 13.1 Å². The number of carbonyl (C=O) groups is 1. The van der Waals surface area contributed by atoms with E-state index in [-0.39, 0.29) is 5.97 Å². The van der Waals surface area contributed by atoms with E-state index in [9.17, 15) is 4.79 Å². The fraction of sp³-hybridized carbons (Fsp3) is 0.176. The van der Waals surface area contributed by atoms with Crippen LogP contribution in [0.1, 0.15) is 22.7 Å². The van der Waals surface area contributed by atoms with Crippen LogP contribution in [0.15, 0.2) is 54.6 Å². The molecular formula is C17H16N2O2. The molecule has 0 saturated heterocycles. The van der Waals surface area contributed by atoms with Crippen LogP contribution >= 0.6 is 0 Å². The summed E-state index contributed by atoms with van der Waals surface area (Å²) in [5.41, 5.74) is 2.48. The molecule has 4 heteroatoms. The first-order chi connectivity index (χ1) is 10.2. The van der Waals surface area contributed by atoms with Gasteiger partial charge in [0, 0.05) is 6.54 Å². The first-order valence-electron chi connectivity index (χ1n) is 6.60. The smallest absolute Gasteiger partial charge is 0.327 e. The largest absolute Gasteiger partial charge is 0.468 e. The normalized spacial score (nSPS) is 11.4. The maximum absolute atomic E-state index is 11.9. The average Bonchev–Trinajstić information content (AvgIpc) is 2.56. The van der Waals surface area contributed by atoms with Crippen molar-refractivity contribution < 1.29 is 9.53 Å². The lowest BCUT2D eigenvalue weighted by atomic mass is 10.1. The van der Waals surface area contributed by atoms with Gasteiger partial charge in [0.2, 0.25) is 0 Å². The summed E-state index contributed by atoms with van der Waals surface area (Å²) in [4.78, 5) is 11.9. The van der Waals surface area contributed by atoms with Gasteiger partial charge in [0.1, 0.15) is 6.04 Å². The first kappa shape index (κ1) is 14.8. The molecule has 2 aromatic carbocycles. The van der Waals surface area contributed by atoms with Gasteiger partial charge in [-0.1, -0.05) is 42.5 Å². The summed E-state index contributed by atoms with van der Waals surface area (Å²) >= 11 is 0. The summed E-state index contributed by atoms with van der Waals surface area (Å²) in [7, 11) is 1.38. The number of nitrogens with one attached hydrogen (secondary N) is 1. The van der Waals surface area contributed by atoms with Crippen LogP contribution in [0.3, 0.4) is 0 Å². The topological polar surface area (TPSA) is 62.1 Å². The number of hydrogen-bond acceptors (Lipinski definition) is 4. The van der Waals surface area contributed by atoms with Crippen molar-refractivity contribution in [2.24, 2.45) is 0 Å². The summed E-state index contributed by atoms with van der Waals surface area (Å²) in [6.07, 6.45) is 0. The second kappa shape index (κ2) is 7.22. The quantitative estimate of drug-likeness (QED) is 0.855. The van der Waals surface area contributed by atoms with Gasteiger partial charge >= 0.3 is 5.97 Å². The Kier molecular flexibility index (Phi) is 5.08. The Bertz CT molecular complexity index is 630. The summed E-state index contributed by atoms with van der Waals surface area (Å²) in [5.74, 6) is -0.324. The maximum Gasteiger partial charge on any atom is 0.327 e. The second-order valence-corrected chi connectivity index (χ2v) is 4.56. The number of nitriles is 1. The summed E-state index contributed by atoms with van der Waals surface area (Å²) < 4.78 is 4.85. The van der Waals surface area contributed by atoms with Crippen LogP contribution in [-0.2, 0) is 16.1 Å². The van der Waals surface area contributed by atoms with Crippen molar-refractivity contribution in [3.63, 3.8) is 0 Å². The van der Waals surface area contributed by atoms with Gasteiger partial charge in [-0.2, -0.15) is 5.26 Å². The van der Waals surface area contributed by atoms with Crippen LogP contribution in [0, 0.1) is 11.3 Å². The van der Waals surface area contributed by atoms with Crippen molar-refractivity contribution in [3.8, 4) is 6.07 Å². The Morgan fingerprint density at radius 3 is 2.43 bits per heavy atom. The minimum absolute atomic E-state index is 0.324. The third-order valence-corrected chi connectivity index (χ3v) is 3.16. The van der Waals surface area contributed by atoms with Gasteiger partial charge in [0.15, 0.2) is 0 Å². The van der Waals surface area contributed by atoms with E-state index in [1.165, 1.54) is 7.11 Å². The van der Waals surface area contributed by atoms with E-state index in [4.69, 9.17) is 10.00 Å². The van der Waals surface area contributed by atoms with Crippen LogP contribution in [0.2, 0.25) is 0 Å². The SMILES string of the molecule is COC(=O)C(NCc1ccc(C#N)cc1)c1ccccc1. The van der Waals surface area contributed by atoms with Crippen molar-refractivity contribution in [2.45, 2.75) is 12.6 Å². The predicted octanol–water partition coefficient (Wildman–Crippen LogP) is 2.56. The maximum atomic E-state index is 11.9. The molecule has 2 aromatic rings. The zero-order valence-corrected chi connectivity index (χ0v) is 11.7. The highest BCUT2D eigenvalue weighted by Gasteiger charge is 2.20. The summed E-state index contributed by atoms with van der Waals surface area (Å²) in [5, 5.41) is 12.0. The Labute approximate surface area is 124 Å². The Hall–Kier alpha value is -2.64. The van der Waals surface area contributed by atoms with Crippen LogP contribution in [0.4, 0.5) is 0 Å². The molecule has 0 aliphatic rings. The molecule has 2 rings (SSSR count). The number of ether oxygens (including phenoxy) is 1. The third kappa shape index (κ3) is 3.91. The highest BCUT2D eigenvalue weighted by molar-refractivity contribution is 5.77. The van der Waals surface area contributed by atoms with E-state index in [1.54, 1.807) is 12.1 Å². The molecule has 0 saturated carbocycles. The van der Waals surface area contributed by atoms with Crippen molar-refractivity contribution in [1.82, 2.24) is 5.32 Å². The number of nitrogens with zero attached hydrogens (tertiary/aromatic N) is 1. The molecule has 106 valence electrons. The first-order valence-corrected chi connectivity index (χ1v) is 6.60. The van der Waals surface area contributed by atoms with E-state index in [0.29, 0.717) is 12.1 Å². The number of hydrogen-bond donors (Lipinski definition) is 1. The molecule has 0 heterocycles. The van der Waals surface area contributed by atoms with Gasteiger partial charge < -0.3 is 4.74 Å². The predicted molar refractivity (Wildman–Crippen MR) is 79.2 cm³/mol. The Morgan fingerprint density at radius 2 is 1.86 bits per heavy atom. The average molecular weight is 280 g/mol. The molecular weight excluding hydrogens is 264 g/mol. The van der Waals surface area contributed by atoms with Gasteiger partial charge in [-0.3, -0.25) is 5.32 Å². The van der Waals surface area contributed by atoms with Crippen molar-refractivity contribution in [2.75, 3.05) is 7.11 Å². The fourth-order valence-electron chi connectivity index (χ4n) is 2.02. The Morgan fingerprint density at radius 1 is 1.19 bits per heavy atom. The molecule has 0 spiro atoms. The number of methoxy groups -OCH3 is 1. The molecule has 0 fully saturated rings. The van der Waals surface area contributed by atoms with Crippen LogP contribution in [0.25, 0.3) is 0 Å². The zero-order valence-electron chi connectivity index (χ0n) is 11.7. The molecule has 0 radical (unpaired) electrons. The lowest BCUT2D eigenvalue weighted by Crippen LogP contribution is -2.29. The minimum atomic E-state index is -0.508. The summed E-state index contributed by atoms with van der Waals surface area (Å²) in [6, 6.07) is 18.2. The van der Waals surface area contributed by atoms with E-state index < -0.39 is 6.04 Å². The highest BCUT2D eigenvalue weighted by atomic mass is 16.5. The van der Waals surface area contributed by atoms with E-state index in [0.717, 1.165) is 11.1 Å². The number of rotatable bonds is 5. The van der Waals surface area contributed by atoms with Crippen molar-refractivity contribution >= 4 is 5.97 Å². The molecule has 0 aromatic heterocycles. The molecule has 21 heavy (non-hydrogen) atoms. The lowest BCUT2D eigenvalue weighted by Gasteiger charge is -2.17.